The number of nitrogens with zero attached hydrogens (tertiary/aromatic N) is 1. The smallest absolute Gasteiger partial charge is 0.221 e. The van der Waals surface area contributed by atoms with Crippen LogP contribution in [0, 0.1) is 19.8 Å². The Bertz CT molecular complexity index is 762. The minimum absolute atomic E-state index is 0.0471. The number of aromatic nitrogens is 1. The van der Waals surface area contributed by atoms with Gasteiger partial charge in [0.15, 0.2) is 5.78 Å². The fourth-order valence-electron chi connectivity index (χ4n) is 2.75. The third-order valence-corrected chi connectivity index (χ3v) is 5.56. The third kappa shape index (κ3) is 6.17. The molecule has 1 heterocycles. The van der Waals surface area contributed by atoms with Gasteiger partial charge in [-0.2, -0.15) is 0 Å². The molecule has 6 heteroatoms. The van der Waals surface area contributed by atoms with E-state index < -0.39 is 0 Å². The predicted molar refractivity (Wildman–Crippen MR) is 108 cm³/mol. The maximum Gasteiger partial charge on any atom is 0.221 e. The van der Waals surface area contributed by atoms with Crippen molar-refractivity contribution in [2.24, 2.45) is 5.92 Å². The minimum Gasteiger partial charge on any atom is -0.497 e. The standard InChI is InChI=1S/C21H28N2O3S/c1-13(2)12-18(21-22-14(3)15(4)27-21)23-20(25)11-10-19(24)16-6-8-17(26-5)9-7-16/h6-9,13,18H,10-12H2,1-5H3,(H,23,25). The third-order valence-electron chi connectivity index (χ3n) is 4.38. The quantitative estimate of drug-likeness (QED) is 0.636. The highest BCUT2D eigenvalue weighted by molar-refractivity contribution is 7.11. The second-order valence-corrected chi connectivity index (χ2v) is 8.33. The summed E-state index contributed by atoms with van der Waals surface area (Å²) in [5.41, 5.74) is 1.60. The van der Waals surface area contributed by atoms with Crippen LogP contribution in [0.5, 0.6) is 5.75 Å². The van der Waals surface area contributed by atoms with Crippen LogP contribution in [0.3, 0.4) is 0 Å². The van der Waals surface area contributed by atoms with E-state index >= 15 is 0 Å². The lowest BCUT2D eigenvalue weighted by Crippen LogP contribution is -2.29. The zero-order valence-corrected chi connectivity index (χ0v) is 17.5. The Hall–Kier alpha value is -2.21. The summed E-state index contributed by atoms with van der Waals surface area (Å²) in [7, 11) is 1.58. The van der Waals surface area contributed by atoms with Crippen molar-refractivity contribution in [1.82, 2.24) is 10.3 Å². The van der Waals surface area contributed by atoms with Crippen LogP contribution in [-0.4, -0.2) is 23.8 Å². The van der Waals surface area contributed by atoms with Crippen molar-refractivity contribution in [3.8, 4) is 5.75 Å². The number of benzene rings is 1. The number of hydrogen-bond acceptors (Lipinski definition) is 5. The molecule has 1 unspecified atom stereocenters. The number of ketones is 1. The van der Waals surface area contributed by atoms with E-state index in [9.17, 15) is 9.59 Å². The van der Waals surface area contributed by atoms with E-state index in [0.29, 0.717) is 17.2 Å². The fraction of sp³-hybridized carbons (Fsp3) is 0.476. The summed E-state index contributed by atoms with van der Waals surface area (Å²) < 4.78 is 5.09. The number of hydrogen-bond donors (Lipinski definition) is 1. The number of carbonyl (C=O) groups is 2. The Morgan fingerprint density at radius 1 is 1.15 bits per heavy atom. The van der Waals surface area contributed by atoms with E-state index in [0.717, 1.165) is 17.1 Å². The number of nitrogens with one attached hydrogen (secondary N) is 1. The van der Waals surface area contributed by atoms with E-state index in [1.165, 1.54) is 4.88 Å². The molecule has 0 fully saturated rings. The van der Waals surface area contributed by atoms with Crippen molar-refractivity contribution in [3.63, 3.8) is 0 Å². The van der Waals surface area contributed by atoms with E-state index in [1.54, 1.807) is 42.7 Å². The molecule has 146 valence electrons. The molecule has 5 nitrogen and oxygen atoms in total. The van der Waals surface area contributed by atoms with Gasteiger partial charge in [-0.3, -0.25) is 9.59 Å². The average Bonchev–Trinajstić information content (AvgIpc) is 2.97. The Kier molecular flexibility index (Phi) is 7.54. The summed E-state index contributed by atoms with van der Waals surface area (Å²) in [6.45, 7) is 8.27. The van der Waals surface area contributed by atoms with Crippen molar-refractivity contribution in [2.45, 2.75) is 53.0 Å². The fourth-order valence-corrected chi connectivity index (χ4v) is 3.74. The summed E-state index contributed by atoms with van der Waals surface area (Å²) in [6.07, 6.45) is 1.18. The van der Waals surface area contributed by atoms with E-state index in [2.05, 4.69) is 24.1 Å². The number of ether oxygens (including phenoxy) is 1. The molecule has 2 rings (SSSR count). The van der Waals surface area contributed by atoms with Gasteiger partial charge in [0.2, 0.25) is 5.91 Å². The highest BCUT2D eigenvalue weighted by atomic mass is 32.1. The highest BCUT2D eigenvalue weighted by Gasteiger charge is 2.21. The molecule has 0 bridgehead atoms. The number of aryl methyl sites for hydroxylation is 2. The van der Waals surface area contributed by atoms with Gasteiger partial charge in [0.1, 0.15) is 10.8 Å². The first kappa shape index (κ1) is 21.1. The molecular weight excluding hydrogens is 360 g/mol. The number of Topliss-reactive ketones (excluding diaryl/α,β-unsaturated/α-hetero) is 1. The van der Waals surface area contributed by atoms with Gasteiger partial charge >= 0.3 is 0 Å². The van der Waals surface area contributed by atoms with Crippen LogP contribution in [0.2, 0.25) is 0 Å². The van der Waals surface area contributed by atoms with Crippen LogP contribution in [0.4, 0.5) is 0 Å². The van der Waals surface area contributed by atoms with E-state index in [1.807, 2.05) is 13.8 Å². The Balaban J connectivity index is 1.95. The Morgan fingerprint density at radius 2 is 1.81 bits per heavy atom. The zero-order valence-electron chi connectivity index (χ0n) is 16.7. The normalized spacial score (nSPS) is 12.1. The van der Waals surface area contributed by atoms with Crippen LogP contribution in [-0.2, 0) is 4.79 Å². The molecule has 1 amide bonds. The van der Waals surface area contributed by atoms with Gasteiger partial charge in [-0.05, 0) is 50.5 Å². The molecule has 0 saturated heterocycles. The Morgan fingerprint density at radius 3 is 2.33 bits per heavy atom. The molecule has 0 radical (unpaired) electrons. The summed E-state index contributed by atoms with van der Waals surface area (Å²) in [5, 5.41) is 4.01. The molecule has 2 aromatic rings. The van der Waals surface area contributed by atoms with Crippen LogP contribution in [0.1, 0.15) is 65.1 Å². The SMILES string of the molecule is COc1ccc(C(=O)CCC(=O)NC(CC(C)C)c2nc(C)c(C)s2)cc1. The molecule has 0 aliphatic rings. The van der Waals surface area contributed by atoms with Crippen molar-refractivity contribution in [3.05, 3.63) is 45.4 Å². The lowest BCUT2D eigenvalue weighted by molar-refractivity contribution is -0.121. The van der Waals surface area contributed by atoms with E-state index in [-0.39, 0.29) is 30.6 Å². The molecule has 1 N–H and O–H groups in total. The Labute approximate surface area is 165 Å². The number of thiazole rings is 1. The highest BCUT2D eigenvalue weighted by Crippen LogP contribution is 2.27. The maximum atomic E-state index is 12.4. The molecular formula is C21H28N2O3S. The molecule has 27 heavy (non-hydrogen) atoms. The molecule has 1 aromatic carbocycles. The predicted octanol–water partition coefficient (Wildman–Crippen LogP) is 4.64. The van der Waals surface area contributed by atoms with Gasteiger partial charge in [0.25, 0.3) is 0 Å². The molecule has 0 aliphatic carbocycles. The molecule has 0 saturated carbocycles. The van der Waals surface area contributed by atoms with Crippen LogP contribution < -0.4 is 10.1 Å². The maximum absolute atomic E-state index is 12.4. The van der Waals surface area contributed by atoms with Crippen LogP contribution in [0.25, 0.3) is 0 Å². The van der Waals surface area contributed by atoms with Gasteiger partial charge in [0, 0.05) is 23.3 Å². The first-order valence-corrected chi connectivity index (χ1v) is 10.0. The minimum atomic E-state index is -0.118. The number of amides is 1. The second kappa shape index (κ2) is 9.65. The lowest BCUT2D eigenvalue weighted by atomic mass is 10.0. The topological polar surface area (TPSA) is 68.3 Å². The van der Waals surface area contributed by atoms with E-state index in [4.69, 9.17) is 4.74 Å². The number of rotatable bonds is 9. The molecule has 0 spiro atoms. The van der Waals surface area contributed by atoms with Gasteiger partial charge < -0.3 is 10.1 Å². The van der Waals surface area contributed by atoms with Crippen molar-refractivity contribution >= 4 is 23.0 Å². The largest absolute Gasteiger partial charge is 0.497 e. The molecule has 1 aromatic heterocycles. The summed E-state index contributed by atoms with van der Waals surface area (Å²) in [4.78, 5) is 30.5. The van der Waals surface area contributed by atoms with Crippen molar-refractivity contribution < 1.29 is 14.3 Å². The zero-order chi connectivity index (χ0) is 20.0. The first-order chi connectivity index (χ1) is 12.8. The lowest BCUT2D eigenvalue weighted by Gasteiger charge is -2.18. The van der Waals surface area contributed by atoms with Crippen LogP contribution >= 0.6 is 11.3 Å². The van der Waals surface area contributed by atoms with Crippen molar-refractivity contribution in [2.75, 3.05) is 7.11 Å². The second-order valence-electron chi connectivity index (χ2n) is 7.10. The molecule has 0 aliphatic heterocycles. The number of methoxy groups -OCH3 is 1. The average molecular weight is 389 g/mol. The first-order valence-electron chi connectivity index (χ1n) is 9.20. The van der Waals surface area contributed by atoms with Gasteiger partial charge in [-0.15, -0.1) is 11.3 Å². The van der Waals surface area contributed by atoms with Crippen molar-refractivity contribution in [1.29, 1.82) is 0 Å². The summed E-state index contributed by atoms with van der Waals surface area (Å²) in [5.74, 6) is 0.970. The monoisotopic (exact) mass is 388 g/mol. The van der Waals surface area contributed by atoms with Gasteiger partial charge in [0.05, 0.1) is 18.8 Å². The number of carbonyl (C=O) groups excluding carboxylic acids is 2. The summed E-state index contributed by atoms with van der Waals surface area (Å²) in [6, 6.07) is 6.84. The van der Waals surface area contributed by atoms with Gasteiger partial charge in [-0.1, -0.05) is 13.8 Å². The van der Waals surface area contributed by atoms with Gasteiger partial charge in [-0.25, -0.2) is 4.98 Å². The molecule has 1 atom stereocenters. The summed E-state index contributed by atoms with van der Waals surface area (Å²) >= 11 is 1.63. The van der Waals surface area contributed by atoms with Crippen LogP contribution in [0.15, 0.2) is 24.3 Å².